The molecule has 4 heteroatoms. The molecule has 4 N–H and O–H groups in total. The van der Waals surface area contributed by atoms with Gasteiger partial charge in [0.2, 0.25) is 0 Å². The van der Waals surface area contributed by atoms with Crippen LogP contribution < -0.4 is 0 Å². The van der Waals surface area contributed by atoms with E-state index in [1.165, 1.54) is 0 Å². The molecule has 2 aliphatic rings. The molecule has 0 aliphatic heterocycles. The van der Waals surface area contributed by atoms with Gasteiger partial charge in [-0.15, -0.1) is 0 Å². The molecule has 0 radical (unpaired) electrons. The van der Waals surface area contributed by atoms with E-state index in [0.29, 0.717) is 12.8 Å². The Morgan fingerprint density at radius 2 is 2.05 bits per heavy atom. The molecule has 19 heavy (non-hydrogen) atoms. The van der Waals surface area contributed by atoms with Gasteiger partial charge in [-0.3, -0.25) is 0 Å². The number of aliphatic hydroxyl groups excluding tert-OH is 2. The maximum Gasteiger partial charge on any atom is 0.174 e. The van der Waals surface area contributed by atoms with E-state index in [4.69, 9.17) is 0 Å². The van der Waals surface area contributed by atoms with Crippen LogP contribution in [0, 0.1) is 11.3 Å². The number of aliphatic hydroxyl groups is 4. The van der Waals surface area contributed by atoms with Crippen LogP contribution in [-0.2, 0) is 0 Å². The topological polar surface area (TPSA) is 80.9 Å². The van der Waals surface area contributed by atoms with Gasteiger partial charge in [-0.1, -0.05) is 20.1 Å². The fourth-order valence-electron chi connectivity index (χ4n) is 3.77. The summed E-state index contributed by atoms with van der Waals surface area (Å²) in [5.74, 6) is -0.303. The van der Waals surface area contributed by atoms with Crippen LogP contribution in [0.3, 0.4) is 0 Å². The predicted molar refractivity (Wildman–Crippen MR) is 72.1 cm³/mol. The Kier molecular flexibility index (Phi) is 3.64. The molecule has 0 saturated heterocycles. The highest BCUT2D eigenvalue weighted by molar-refractivity contribution is 5.27. The van der Waals surface area contributed by atoms with Crippen molar-refractivity contribution >= 4 is 0 Å². The summed E-state index contributed by atoms with van der Waals surface area (Å²) in [5, 5.41) is 39.9. The van der Waals surface area contributed by atoms with Gasteiger partial charge in [-0.05, 0) is 49.2 Å². The quantitative estimate of drug-likeness (QED) is 0.446. The minimum atomic E-state index is -1.61. The summed E-state index contributed by atoms with van der Waals surface area (Å²) in [5.41, 5.74) is -0.747. The third-order valence-electron chi connectivity index (χ3n) is 5.35. The Bertz CT molecular complexity index is 403. The Morgan fingerprint density at radius 3 is 2.63 bits per heavy atom. The van der Waals surface area contributed by atoms with Crippen molar-refractivity contribution in [3.05, 3.63) is 24.3 Å². The first-order chi connectivity index (χ1) is 8.72. The Labute approximate surface area is 114 Å². The molecule has 0 heterocycles. The van der Waals surface area contributed by atoms with Crippen molar-refractivity contribution in [1.82, 2.24) is 0 Å². The fourth-order valence-corrected chi connectivity index (χ4v) is 3.77. The molecule has 2 aliphatic carbocycles. The standard InChI is InChI=1S/C15H24O4/c1-9-5-4-6-14(3)12(16)7-11(8-15(9,14)19)10(2)13(17)18/h11-13,16-19H,1-2,4-8H2,3H3/t11-,12+,14-,15-/m1/s1. The summed E-state index contributed by atoms with van der Waals surface area (Å²) in [6.07, 6.45) is 0.886. The van der Waals surface area contributed by atoms with Crippen molar-refractivity contribution in [3.8, 4) is 0 Å². The zero-order valence-corrected chi connectivity index (χ0v) is 11.5. The van der Waals surface area contributed by atoms with Crippen molar-refractivity contribution in [3.63, 3.8) is 0 Å². The van der Waals surface area contributed by atoms with E-state index < -0.39 is 23.4 Å². The number of hydrogen-bond acceptors (Lipinski definition) is 4. The average Bonchev–Trinajstić information content (AvgIpc) is 2.33. The van der Waals surface area contributed by atoms with Crippen molar-refractivity contribution in [1.29, 1.82) is 0 Å². The van der Waals surface area contributed by atoms with Gasteiger partial charge in [-0.2, -0.15) is 0 Å². The summed E-state index contributed by atoms with van der Waals surface area (Å²) in [6, 6.07) is 0. The fraction of sp³-hybridized carbons (Fsp3) is 0.733. The molecule has 0 bridgehead atoms. The molecular formula is C15H24O4. The molecule has 4 atom stereocenters. The van der Waals surface area contributed by atoms with E-state index in [2.05, 4.69) is 13.2 Å². The summed E-state index contributed by atoms with van der Waals surface area (Å²) >= 11 is 0. The van der Waals surface area contributed by atoms with Crippen molar-refractivity contribution in [2.45, 2.75) is 57.0 Å². The smallest absolute Gasteiger partial charge is 0.174 e. The lowest BCUT2D eigenvalue weighted by Gasteiger charge is -2.57. The second kappa shape index (κ2) is 4.70. The molecule has 0 aromatic rings. The monoisotopic (exact) mass is 268 g/mol. The average molecular weight is 268 g/mol. The molecule has 2 fully saturated rings. The molecule has 0 amide bonds. The molecule has 0 spiro atoms. The first-order valence-corrected chi connectivity index (χ1v) is 6.86. The summed E-state index contributed by atoms with van der Waals surface area (Å²) in [4.78, 5) is 0. The highest BCUT2D eigenvalue weighted by Crippen LogP contribution is 2.57. The van der Waals surface area contributed by atoms with E-state index in [1.54, 1.807) is 0 Å². The Balaban J connectivity index is 2.33. The van der Waals surface area contributed by atoms with E-state index >= 15 is 0 Å². The van der Waals surface area contributed by atoms with Crippen molar-refractivity contribution < 1.29 is 20.4 Å². The van der Waals surface area contributed by atoms with Crippen LogP contribution >= 0.6 is 0 Å². The maximum absolute atomic E-state index is 11.0. The number of fused-ring (bicyclic) bond motifs is 1. The summed E-state index contributed by atoms with van der Waals surface area (Å²) in [7, 11) is 0. The molecule has 0 aromatic carbocycles. The lowest BCUT2D eigenvalue weighted by Crippen LogP contribution is -2.61. The third kappa shape index (κ3) is 2.07. The molecule has 2 saturated carbocycles. The van der Waals surface area contributed by atoms with Crippen LogP contribution in [0.2, 0.25) is 0 Å². The van der Waals surface area contributed by atoms with Crippen LogP contribution in [0.25, 0.3) is 0 Å². The largest absolute Gasteiger partial charge is 0.392 e. The van der Waals surface area contributed by atoms with Gasteiger partial charge in [-0.25, -0.2) is 0 Å². The zero-order valence-electron chi connectivity index (χ0n) is 11.5. The summed E-state index contributed by atoms with van der Waals surface area (Å²) in [6.45, 7) is 9.55. The van der Waals surface area contributed by atoms with E-state index in [-0.39, 0.29) is 11.5 Å². The van der Waals surface area contributed by atoms with Gasteiger partial charge in [0.25, 0.3) is 0 Å². The van der Waals surface area contributed by atoms with Gasteiger partial charge in [0.1, 0.15) is 0 Å². The normalized spacial score (nSPS) is 43.2. The van der Waals surface area contributed by atoms with Crippen LogP contribution in [0.4, 0.5) is 0 Å². The van der Waals surface area contributed by atoms with Gasteiger partial charge >= 0.3 is 0 Å². The van der Waals surface area contributed by atoms with Gasteiger partial charge in [0.15, 0.2) is 6.29 Å². The molecule has 4 nitrogen and oxygen atoms in total. The molecule has 108 valence electrons. The Morgan fingerprint density at radius 1 is 1.42 bits per heavy atom. The SMILES string of the molecule is C=C(C(O)O)[C@@H]1C[C@H](O)[C@@]2(C)CCCC(=C)[C@]2(O)C1. The lowest BCUT2D eigenvalue weighted by atomic mass is 9.52. The van der Waals surface area contributed by atoms with E-state index in [1.807, 2.05) is 6.92 Å². The summed E-state index contributed by atoms with van der Waals surface area (Å²) < 4.78 is 0. The second-order valence-corrected chi connectivity index (χ2v) is 6.34. The van der Waals surface area contributed by atoms with Crippen LogP contribution in [-0.4, -0.2) is 38.4 Å². The minimum Gasteiger partial charge on any atom is -0.392 e. The van der Waals surface area contributed by atoms with Crippen molar-refractivity contribution in [2.24, 2.45) is 11.3 Å². The van der Waals surface area contributed by atoms with Gasteiger partial charge < -0.3 is 20.4 Å². The first kappa shape index (κ1) is 14.7. The van der Waals surface area contributed by atoms with E-state index in [0.717, 1.165) is 24.8 Å². The minimum absolute atomic E-state index is 0.257. The number of rotatable bonds is 2. The number of hydrogen-bond donors (Lipinski definition) is 4. The Hall–Kier alpha value is -0.680. The van der Waals surface area contributed by atoms with Crippen LogP contribution in [0.15, 0.2) is 24.3 Å². The van der Waals surface area contributed by atoms with Gasteiger partial charge in [0, 0.05) is 5.41 Å². The van der Waals surface area contributed by atoms with E-state index in [9.17, 15) is 20.4 Å². The highest BCUT2D eigenvalue weighted by Gasteiger charge is 2.58. The lowest BCUT2D eigenvalue weighted by molar-refractivity contribution is -0.170. The van der Waals surface area contributed by atoms with Crippen molar-refractivity contribution in [2.75, 3.05) is 0 Å². The van der Waals surface area contributed by atoms with Crippen LogP contribution in [0.5, 0.6) is 0 Å². The molecule has 0 aromatic heterocycles. The molecular weight excluding hydrogens is 244 g/mol. The predicted octanol–water partition coefficient (Wildman–Crippen LogP) is 1.10. The van der Waals surface area contributed by atoms with Crippen LogP contribution in [0.1, 0.15) is 39.0 Å². The van der Waals surface area contributed by atoms with Gasteiger partial charge in [0.05, 0.1) is 11.7 Å². The third-order valence-corrected chi connectivity index (χ3v) is 5.35. The molecule has 2 rings (SSSR count). The molecule has 0 unspecified atom stereocenters. The highest BCUT2D eigenvalue weighted by atomic mass is 16.5. The second-order valence-electron chi connectivity index (χ2n) is 6.34. The zero-order chi connectivity index (χ0) is 14.4. The maximum atomic E-state index is 11.0. The first-order valence-electron chi connectivity index (χ1n) is 6.86.